The van der Waals surface area contributed by atoms with Crippen LogP contribution in [0, 0.1) is 12.7 Å². The Balaban J connectivity index is 1.94. The van der Waals surface area contributed by atoms with Crippen molar-refractivity contribution in [3.8, 4) is 0 Å². The fourth-order valence-electron chi connectivity index (χ4n) is 1.64. The summed E-state index contributed by atoms with van der Waals surface area (Å²) in [5.74, 6) is -0.655. The van der Waals surface area contributed by atoms with E-state index in [1.165, 1.54) is 12.1 Å². The zero-order chi connectivity index (χ0) is 14.5. The molecule has 0 atom stereocenters. The molecule has 0 aliphatic heterocycles. The van der Waals surface area contributed by atoms with Crippen molar-refractivity contribution < 1.29 is 9.18 Å². The topological polar surface area (TPSA) is 54.0 Å². The molecule has 6 heteroatoms. The third-order valence-corrected chi connectivity index (χ3v) is 2.87. The number of nitrogens with one attached hydrogen (secondary N) is 2. The van der Waals surface area contributed by atoms with Gasteiger partial charge in [0.2, 0.25) is 0 Å². The van der Waals surface area contributed by atoms with Gasteiger partial charge in [0.05, 0.1) is 22.9 Å². The van der Waals surface area contributed by atoms with Crippen LogP contribution in [0.4, 0.5) is 14.9 Å². The lowest BCUT2D eigenvalue weighted by Crippen LogP contribution is -2.29. The van der Waals surface area contributed by atoms with Crippen molar-refractivity contribution in [1.82, 2.24) is 10.3 Å². The third kappa shape index (κ3) is 3.68. The molecule has 4 nitrogen and oxygen atoms in total. The van der Waals surface area contributed by atoms with Gasteiger partial charge >= 0.3 is 6.03 Å². The Morgan fingerprint density at radius 1 is 1.30 bits per heavy atom. The van der Waals surface area contributed by atoms with Crippen molar-refractivity contribution in [2.75, 3.05) is 5.32 Å². The smallest absolute Gasteiger partial charge is 0.319 e. The van der Waals surface area contributed by atoms with E-state index in [1.807, 2.05) is 19.1 Å². The quantitative estimate of drug-likeness (QED) is 0.910. The van der Waals surface area contributed by atoms with Crippen LogP contribution in [0.2, 0.25) is 5.02 Å². The first kappa shape index (κ1) is 14.3. The lowest BCUT2D eigenvalue weighted by atomic mass is 10.3. The average Bonchev–Trinajstić information content (AvgIpc) is 2.42. The zero-order valence-corrected chi connectivity index (χ0v) is 11.5. The van der Waals surface area contributed by atoms with Gasteiger partial charge in [-0.1, -0.05) is 23.7 Å². The van der Waals surface area contributed by atoms with Crippen molar-refractivity contribution in [1.29, 1.82) is 0 Å². The van der Waals surface area contributed by atoms with Crippen molar-refractivity contribution in [2.24, 2.45) is 0 Å². The third-order valence-electron chi connectivity index (χ3n) is 2.58. The van der Waals surface area contributed by atoms with Gasteiger partial charge in [-0.2, -0.15) is 0 Å². The molecule has 0 radical (unpaired) electrons. The fourth-order valence-corrected chi connectivity index (χ4v) is 1.81. The molecular weight excluding hydrogens is 281 g/mol. The van der Waals surface area contributed by atoms with Crippen LogP contribution in [0.3, 0.4) is 0 Å². The molecule has 0 fully saturated rings. The molecule has 1 aromatic carbocycles. The van der Waals surface area contributed by atoms with Gasteiger partial charge in [0.1, 0.15) is 0 Å². The molecule has 0 saturated carbocycles. The van der Waals surface area contributed by atoms with E-state index < -0.39 is 11.8 Å². The Kier molecular flexibility index (Phi) is 4.53. The van der Waals surface area contributed by atoms with Crippen molar-refractivity contribution in [2.45, 2.75) is 13.5 Å². The molecule has 0 aliphatic carbocycles. The number of rotatable bonds is 3. The number of pyridine rings is 1. The molecule has 2 N–H and O–H groups in total. The number of benzene rings is 1. The Labute approximate surface area is 121 Å². The number of carbonyl (C=O) groups excluding carboxylic acids is 1. The second-order valence-electron chi connectivity index (χ2n) is 4.18. The van der Waals surface area contributed by atoms with Crippen LogP contribution in [0.5, 0.6) is 0 Å². The van der Waals surface area contributed by atoms with Crippen LogP contribution in [-0.4, -0.2) is 11.0 Å². The summed E-state index contributed by atoms with van der Waals surface area (Å²) in [6, 6.07) is 9.41. The van der Waals surface area contributed by atoms with Gasteiger partial charge in [0.15, 0.2) is 5.82 Å². The number of carbonyl (C=O) groups is 1. The van der Waals surface area contributed by atoms with Gasteiger partial charge in [0.25, 0.3) is 0 Å². The minimum Gasteiger partial charge on any atom is -0.332 e. The number of aromatic nitrogens is 1. The van der Waals surface area contributed by atoms with E-state index in [0.717, 1.165) is 11.4 Å². The number of aryl methyl sites for hydroxylation is 1. The highest BCUT2D eigenvalue weighted by atomic mass is 35.5. The van der Waals surface area contributed by atoms with Crippen LogP contribution >= 0.6 is 11.6 Å². The predicted molar refractivity (Wildman–Crippen MR) is 76.2 cm³/mol. The second kappa shape index (κ2) is 6.34. The molecule has 20 heavy (non-hydrogen) atoms. The monoisotopic (exact) mass is 293 g/mol. The number of anilines is 1. The molecule has 0 spiro atoms. The highest BCUT2D eigenvalue weighted by Crippen LogP contribution is 2.21. The van der Waals surface area contributed by atoms with E-state index in [2.05, 4.69) is 15.6 Å². The first-order valence-electron chi connectivity index (χ1n) is 5.97. The molecule has 0 bridgehead atoms. The second-order valence-corrected chi connectivity index (χ2v) is 4.59. The predicted octanol–water partition coefficient (Wildman–Crippen LogP) is 3.50. The number of amides is 2. The highest BCUT2D eigenvalue weighted by Gasteiger charge is 2.09. The lowest BCUT2D eigenvalue weighted by Gasteiger charge is -2.09. The number of hydrogen-bond donors (Lipinski definition) is 2. The molecule has 0 unspecified atom stereocenters. The van der Waals surface area contributed by atoms with Gasteiger partial charge in [-0.25, -0.2) is 9.18 Å². The summed E-state index contributed by atoms with van der Waals surface area (Å²) in [5, 5.41) is 4.96. The Hall–Kier alpha value is -2.14. The van der Waals surface area contributed by atoms with Crippen LogP contribution < -0.4 is 10.6 Å². The van der Waals surface area contributed by atoms with E-state index in [4.69, 9.17) is 11.6 Å². The van der Waals surface area contributed by atoms with Gasteiger partial charge < -0.3 is 10.6 Å². The van der Waals surface area contributed by atoms with E-state index in [1.54, 1.807) is 12.1 Å². The number of hydrogen-bond acceptors (Lipinski definition) is 2. The Morgan fingerprint density at radius 3 is 2.80 bits per heavy atom. The maximum atomic E-state index is 13.6. The Morgan fingerprint density at radius 2 is 2.05 bits per heavy atom. The van der Waals surface area contributed by atoms with E-state index >= 15 is 0 Å². The molecule has 0 aliphatic rings. The zero-order valence-electron chi connectivity index (χ0n) is 10.8. The van der Waals surface area contributed by atoms with Crippen LogP contribution in [0.15, 0.2) is 36.4 Å². The molecule has 1 aromatic heterocycles. The van der Waals surface area contributed by atoms with Gasteiger partial charge in [0, 0.05) is 5.69 Å². The summed E-state index contributed by atoms with van der Waals surface area (Å²) in [5.41, 5.74) is 1.63. The SMILES string of the molecule is Cc1cccc(CNC(=O)Nc2cccc(Cl)c2F)n1. The molecule has 1 heterocycles. The van der Waals surface area contributed by atoms with Gasteiger partial charge in [-0.05, 0) is 31.2 Å². The summed E-state index contributed by atoms with van der Waals surface area (Å²) < 4.78 is 13.6. The minimum atomic E-state index is -0.655. The number of nitrogens with zero attached hydrogens (tertiary/aromatic N) is 1. The molecular formula is C14H13ClFN3O. The molecule has 2 rings (SSSR count). The standard InChI is InChI=1S/C14H13ClFN3O/c1-9-4-2-5-10(18-9)8-17-14(20)19-12-7-3-6-11(15)13(12)16/h2-7H,8H2,1H3,(H2,17,19,20). The highest BCUT2D eigenvalue weighted by molar-refractivity contribution is 6.31. The summed E-state index contributed by atoms with van der Waals surface area (Å²) in [6.45, 7) is 2.13. The van der Waals surface area contributed by atoms with E-state index in [-0.39, 0.29) is 17.3 Å². The molecule has 0 saturated heterocycles. The van der Waals surface area contributed by atoms with E-state index in [0.29, 0.717) is 0 Å². The van der Waals surface area contributed by atoms with Crippen LogP contribution in [0.1, 0.15) is 11.4 Å². The van der Waals surface area contributed by atoms with Crippen LogP contribution in [-0.2, 0) is 6.54 Å². The van der Waals surface area contributed by atoms with Gasteiger partial charge in [-0.3, -0.25) is 4.98 Å². The van der Waals surface area contributed by atoms with Crippen molar-refractivity contribution >= 4 is 23.3 Å². The summed E-state index contributed by atoms with van der Waals surface area (Å²) in [4.78, 5) is 15.9. The molecule has 2 amide bonds. The van der Waals surface area contributed by atoms with Gasteiger partial charge in [-0.15, -0.1) is 0 Å². The maximum Gasteiger partial charge on any atom is 0.319 e. The molecule has 104 valence electrons. The maximum absolute atomic E-state index is 13.6. The van der Waals surface area contributed by atoms with Crippen molar-refractivity contribution in [3.05, 3.63) is 58.6 Å². The summed E-state index contributed by atoms with van der Waals surface area (Å²) >= 11 is 5.63. The first-order valence-corrected chi connectivity index (χ1v) is 6.35. The first-order chi connectivity index (χ1) is 9.56. The average molecular weight is 294 g/mol. The largest absolute Gasteiger partial charge is 0.332 e. The normalized spacial score (nSPS) is 10.2. The van der Waals surface area contributed by atoms with Crippen molar-refractivity contribution in [3.63, 3.8) is 0 Å². The number of halogens is 2. The lowest BCUT2D eigenvalue weighted by molar-refractivity contribution is 0.251. The van der Waals surface area contributed by atoms with Crippen LogP contribution in [0.25, 0.3) is 0 Å². The number of urea groups is 1. The van der Waals surface area contributed by atoms with E-state index in [9.17, 15) is 9.18 Å². The fraction of sp³-hybridized carbons (Fsp3) is 0.143. The summed E-state index contributed by atoms with van der Waals surface area (Å²) in [6.07, 6.45) is 0. The molecule has 2 aromatic rings. The summed E-state index contributed by atoms with van der Waals surface area (Å²) in [7, 11) is 0. The Bertz CT molecular complexity index is 634. The minimum absolute atomic E-state index is 0.0344.